The molecule has 0 saturated carbocycles. The molecule has 1 aliphatic heterocycles. The van der Waals surface area contributed by atoms with Crippen LogP contribution in [-0.4, -0.2) is 23.2 Å². The number of hydrogen-bond acceptors (Lipinski definition) is 3. The minimum atomic E-state index is 0.0733. The molecule has 18 heavy (non-hydrogen) atoms. The molecular weight excluding hydrogens is 224 g/mol. The summed E-state index contributed by atoms with van der Waals surface area (Å²) in [6.45, 7) is 2.23. The first kappa shape index (κ1) is 11.5. The number of nitrogens with zero attached hydrogens (tertiary/aromatic N) is 2. The first-order chi connectivity index (χ1) is 8.88. The molecule has 3 rings (SSSR count). The fourth-order valence-corrected chi connectivity index (χ4v) is 2.65. The molecule has 3 nitrogen and oxygen atoms in total. The quantitative estimate of drug-likeness (QED) is 0.879. The van der Waals surface area contributed by atoms with Gasteiger partial charge in [-0.1, -0.05) is 18.2 Å². The normalized spacial score (nSPS) is 16.2. The van der Waals surface area contributed by atoms with Crippen molar-refractivity contribution in [2.24, 2.45) is 0 Å². The van der Waals surface area contributed by atoms with Crippen molar-refractivity contribution in [2.75, 3.05) is 18.0 Å². The van der Waals surface area contributed by atoms with Crippen LogP contribution in [0.3, 0.4) is 0 Å². The van der Waals surface area contributed by atoms with Crippen molar-refractivity contribution < 1.29 is 5.11 Å². The van der Waals surface area contributed by atoms with Crippen LogP contribution in [0.2, 0.25) is 0 Å². The van der Waals surface area contributed by atoms with Gasteiger partial charge >= 0.3 is 0 Å². The van der Waals surface area contributed by atoms with Gasteiger partial charge in [0.2, 0.25) is 0 Å². The second-order valence-electron chi connectivity index (χ2n) is 4.86. The highest BCUT2D eigenvalue weighted by Crippen LogP contribution is 2.25. The number of rotatable bonds is 2. The molecule has 0 aliphatic carbocycles. The molecule has 1 aromatic carbocycles. The second-order valence-corrected chi connectivity index (χ2v) is 4.86. The molecule has 94 valence electrons. The molecule has 0 spiro atoms. The maximum atomic E-state index is 9.51. The van der Waals surface area contributed by atoms with Crippen LogP contribution >= 0.6 is 0 Å². The molecule has 0 amide bonds. The van der Waals surface area contributed by atoms with Crippen molar-refractivity contribution in [3.63, 3.8) is 0 Å². The number of hydrogen-bond donors (Lipinski definition) is 1. The maximum absolute atomic E-state index is 9.51. The summed E-state index contributed by atoms with van der Waals surface area (Å²) in [5, 5.41) is 10.6. The lowest BCUT2D eigenvalue weighted by atomic mass is 10.1. The lowest BCUT2D eigenvalue weighted by Gasteiger charge is -2.28. The van der Waals surface area contributed by atoms with E-state index in [1.54, 1.807) is 0 Å². The Labute approximate surface area is 107 Å². The van der Waals surface area contributed by atoms with E-state index in [9.17, 15) is 5.11 Å². The van der Waals surface area contributed by atoms with E-state index in [1.165, 1.54) is 19.3 Å². The topological polar surface area (TPSA) is 36.4 Å². The Morgan fingerprint density at radius 3 is 2.67 bits per heavy atom. The zero-order valence-corrected chi connectivity index (χ0v) is 10.5. The predicted molar refractivity (Wildman–Crippen MR) is 73.7 cm³/mol. The number of para-hydroxylation sites is 1. The van der Waals surface area contributed by atoms with E-state index in [0.29, 0.717) is 0 Å². The molecular formula is C15H18N2O. The Morgan fingerprint density at radius 2 is 1.89 bits per heavy atom. The van der Waals surface area contributed by atoms with E-state index >= 15 is 0 Å². The van der Waals surface area contributed by atoms with Crippen molar-refractivity contribution in [1.82, 2.24) is 4.98 Å². The molecule has 3 heteroatoms. The van der Waals surface area contributed by atoms with Crippen molar-refractivity contribution in [3.05, 3.63) is 35.9 Å². The van der Waals surface area contributed by atoms with Gasteiger partial charge in [-0.3, -0.25) is 0 Å². The zero-order valence-electron chi connectivity index (χ0n) is 10.5. The Kier molecular flexibility index (Phi) is 3.15. The number of fused-ring (bicyclic) bond motifs is 1. The Bertz CT molecular complexity index is 547. The summed E-state index contributed by atoms with van der Waals surface area (Å²) >= 11 is 0. The van der Waals surface area contributed by atoms with E-state index in [1.807, 2.05) is 30.3 Å². The van der Waals surface area contributed by atoms with Gasteiger partial charge < -0.3 is 10.0 Å². The first-order valence-electron chi connectivity index (χ1n) is 6.63. The summed E-state index contributed by atoms with van der Waals surface area (Å²) in [7, 11) is 0. The number of piperidine rings is 1. The summed E-state index contributed by atoms with van der Waals surface area (Å²) in [6, 6.07) is 10.1. The van der Waals surface area contributed by atoms with E-state index < -0.39 is 0 Å². The summed E-state index contributed by atoms with van der Waals surface area (Å²) < 4.78 is 0. The van der Waals surface area contributed by atoms with E-state index in [2.05, 4.69) is 4.90 Å². The average molecular weight is 242 g/mol. The van der Waals surface area contributed by atoms with Crippen molar-refractivity contribution in [3.8, 4) is 0 Å². The third-order valence-electron chi connectivity index (χ3n) is 3.64. The highest BCUT2D eigenvalue weighted by molar-refractivity contribution is 5.84. The largest absolute Gasteiger partial charge is 0.392 e. The van der Waals surface area contributed by atoms with Crippen LogP contribution in [0.25, 0.3) is 10.9 Å². The Hall–Kier alpha value is -1.61. The van der Waals surface area contributed by atoms with Crippen LogP contribution in [-0.2, 0) is 6.61 Å². The van der Waals surface area contributed by atoms with E-state index in [4.69, 9.17) is 4.98 Å². The summed E-state index contributed by atoms with van der Waals surface area (Å²) in [4.78, 5) is 7.05. The molecule has 0 radical (unpaired) electrons. The Morgan fingerprint density at radius 1 is 1.11 bits per heavy atom. The predicted octanol–water partition coefficient (Wildman–Crippen LogP) is 2.72. The summed E-state index contributed by atoms with van der Waals surface area (Å²) in [5.41, 5.74) is 1.95. The molecule has 0 bridgehead atoms. The van der Waals surface area contributed by atoms with E-state index in [-0.39, 0.29) is 6.61 Å². The monoisotopic (exact) mass is 242 g/mol. The fraction of sp³-hybridized carbons (Fsp3) is 0.400. The van der Waals surface area contributed by atoms with Crippen LogP contribution in [0, 0.1) is 0 Å². The van der Waals surface area contributed by atoms with Crippen LogP contribution in [0.15, 0.2) is 30.3 Å². The molecule has 1 aliphatic rings. The van der Waals surface area contributed by atoms with Crippen LogP contribution in [0.1, 0.15) is 24.8 Å². The number of anilines is 1. The molecule has 1 saturated heterocycles. The van der Waals surface area contributed by atoms with Gasteiger partial charge in [0, 0.05) is 18.5 Å². The molecule has 1 aromatic heterocycles. The molecule has 0 unspecified atom stereocenters. The Balaban J connectivity index is 2.07. The summed E-state index contributed by atoms with van der Waals surface area (Å²) in [6.07, 6.45) is 3.79. The van der Waals surface area contributed by atoms with Gasteiger partial charge in [0.15, 0.2) is 0 Å². The zero-order chi connectivity index (χ0) is 12.4. The van der Waals surface area contributed by atoms with Crippen LogP contribution < -0.4 is 4.90 Å². The van der Waals surface area contributed by atoms with Gasteiger partial charge in [-0.05, 0) is 37.0 Å². The maximum Gasteiger partial charge on any atom is 0.129 e. The number of pyridine rings is 1. The lowest BCUT2D eigenvalue weighted by Crippen LogP contribution is -2.30. The minimum absolute atomic E-state index is 0.0733. The van der Waals surface area contributed by atoms with Gasteiger partial charge in [-0.15, -0.1) is 0 Å². The van der Waals surface area contributed by atoms with Gasteiger partial charge in [0.1, 0.15) is 5.82 Å². The van der Waals surface area contributed by atoms with Gasteiger partial charge in [0.05, 0.1) is 12.1 Å². The van der Waals surface area contributed by atoms with Gasteiger partial charge in [-0.2, -0.15) is 0 Å². The minimum Gasteiger partial charge on any atom is -0.392 e. The third-order valence-corrected chi connectivity index (χ3v) is 3.64. The SMILES string of the molecule is OCc1cc(N2CCCCC2)nc2ccccc12. The van der Waals surface area contributed by atoms with Crippen LogP contribution in [0.5, 0.6) is 0 Å². The second kappa shape index (κ2) is 4.94. The van der Waals surface area contributed by atoms with Crippen LogP contribution in [0.4, 0.5) is 5.82 Å². The lowest BCUT2D eigenvalue weighted by molar-refractivity contribution is 0.283. The molecule has 2 aromatic rings. The number of aromatic nitrogens is 1. The van der Waals surface area contributed by atoms with Crippen molar-refractivity contribution in [2.45, 2.75) is 25.9 Å². The standard InChI is InChI=1S/C15H18N2O/c18-11-12-10-15(17-8-4-1-5-9-17)16-14-7-3-2-6-13(12)14/h2-3,6-7,10,18H,1,4-5,8-9,11H2. The molecule has 0 atom stereocenters. The third kappa shape index (κ3) is 2.06. The summed E-state index contributed by atoms with van der Waals surface area (Å²) in [5.74, 6) is 1.01. The van der Waals surface area contributed by atoms with E-state index in [0.717, 1.165) is 35.4 Å². The average Bonchev–Trinajstić information content (AvgIpc) is 2.47. The molecule has 2 heterocycles. The first-order valence-corrected chi connectivity index (χ1v) is 6.63. The number of aliphatic hydroxyl groups is 1. The van der Waals surface area contributed by atoms with Crippen molar-refractivity contribution in [1.29, 1.82) is 0 Å². The fourth-order valence-electron chi connectivity index (χ4n) is 2.65. The smallest absolute Gasteiger partial charge is 0.129 e. The molecule has 1 fully saturated rings. The van der Waals surface area contributed by atoms with Crippen molar-refractivity contribution >= 4 is 16.7 Å². The molecule has 1 N–H and O–H groups in total. The highest BCUT2D eigenvalue weighted by Gasteiger charge is 2.14. The number of aliphatic hydroxyl groups excluding tert-OH is 1. The van der Waals surface area contributed by atoms with Gasteiger partial charge in [-0.25, -0.2) is 4.98 Å². The highest BCUT2D eigenvalue weighted by atomic mass is 16.3. The number of benzene rings is 1. The van der Waals surface area contributed by atoms with Gasteiger partial charge in [0.25, 0.3) is 0 Å².